The Kier molecular flexibility index (Phi) is 7.70. The van der Waals surface area contributed by atoms with Crippen molar-refractivity contribution < 1.29 is 9.84 Å². The van der Waals surface area contributed by atoms with E-state index in [9.17, 15) is 5.11 Å². The van der Waals surface area contributed by atoms with Gasteiger partial charge in [-0.1, -0.05) is 43.2 Å². The topological polar surface area (TPSA) is 29.5 Å². The number of aryl methyl sites for hydroxylation is 1. The van der Waals surface area contributed by atoms with Crippen LogP contribution in [0.15, 0.2) is 24.3 Å². The van der Waals surface area contributed by atoms with Gasteiger partial charge in [-0.2, -0.15) is 0 Å². The van der Waals surface area contributed by atoms with Crippen LogP contribution >= 0.6 is 0 Å². The van der Waals surface area contributed by atoms with Crippen LogP contribution in [0.3, 0.4) is 0 Å². The fourth-order valence-electron chi connectivity index (χ4n) is 1.91. The van der Waals surface area contributed by atoms with Gasteiger partial charge in [-0.05, 0) is 37.7 Å². The Morgan fingerprint density at radius 3 is 2.50 bits per heavy atom. The van der Waals surface area contributed by atoms with Crippen molar-refractivity contribution in [3.63, 3.8) is 0 Å². The molecule has 18 heavy (non-hydrogen) atoms. The molecular formula is C16H26O2. The molecule has 0 heterocycles. The first-order chi connectivity index (χ1) is 8.76. The lowest BCUT2D eigenvalue weighted by Gasteiger charge is -2.14. The Morgan fingerprint density at radius 2 is 1.89 bits per heavy atom. The predicted octanol–water partition coefficient (Wildman–Crippen LogP) is 3.35. The largest absolute Gasteiger partial charge is 0.396 e. The van der Waals surface area contributed by atoms with Gasteiger partial charge in [0, 0.05) is 19.8 Å². The van der Waals surface area contributed by atoms with Crippen LogP contribution in [-0.4, -0.2) is 24.9 Å². The highest BCUT2D eigenvalue weighted by Gasteiger charge is 2.08. The summed E-state index contributed by atoms with van der Waals surface area (Å²) in [5, 5.41) is 9.39. The normalized spacial score (nSPS) is 12.6. The molecular weight excluding hydrogens is 224 g/mol. The van der Waals surface area contributed by atoms with Crippen molar-refractivity contribution in [3.05, 3.63) is 35.4 Å². The zero-order valence-electron chi connectivity index (χ0n) is 11.7. The molecule has 2 nitrogen and oxygen atoms in total. The second kappa shape index (κ2) is 9.12. The zero-order chi connectivity index (χ0) is 13.2. The van der Waals surface area contributed by atoms with E-state index >= 15 is 0 Å². The molecule has 0 saturated heterocycles. The minimum Gasteiger partial charge on any atom is -0.396 e. The monoisotopic (exact) mass is 250 g/mol. The van der Waals surface area contributed by atoms with Crippen molar-refractivity contribution >= 4 is 0 Å². The van der Waals surface area contributed by atoms with E-state index in [1.54, 1.807) is 0 Å². The molecule has 1 atom stereocenters. The first-order valence-electron chi connectivity index (χ1n) is 7.00. The summed E-state index contributed by atoms with van der Waals surface area (Å²) in [6, 6.07) is 8.55. The molecule has 0 aliphatic heterocycles. The van der Waals surface area contributed by atoms with Gasteiger partial charge in [0.15, 0.2) is 0 Å². The fourth-order valence-corrected chi connectivity index (χ4v) is 1.91. The van der Waals surface area contributed by atoms with Crippen LogP contribution in [0.2, 0.25) is 0 Å². The standard InChI is InChI=1S/C16H26O2/c1-3-4-10-18-11-9-16(13-17)12-15-7-5-14(2)6-8-15/h5-8,16-17H,3-4,9-13H2,1-2H3. The second-order valence-corrected chi connectivity index (χ2v) is 4.99. The Bertz CT molecular complexity index is 305. The molecule has 1 aromatic rings. The number of aliphatic hydroxyl groups is 1. The van der Waals surface area contributed by atoms with Gasteiger partial charge >= 0.3 is 0 Å². The molecule has 102 valence electrons. The third-order valence-corrected chi connectivity index (χ3v) is 3.22. The van der Waals surface area contributed by atoms with E-state index in [0.717, 1.165) is 32.5 Å². The minimum absolute atomic E-state index is 0.241. The van der Waals surface area contributed by atoms with Crippen LogP contribution in [0.5, 0.6) is 0 Å². The highest BCUT2D eigenvalue weighted by molar-refractivity contribution is 5.21. The van der Waals surface area contributed by atoms with Gasteiger partial charge in [-0.15, -0.1) is 0 Å². The van der Waals surface area contributed by atoms with Gasteiger partial charge in [0.1, 0.15) is 0 Å². The molecule has 1 aromatic carbocycles. The van der Waals surface area contributed by atoms with Crippen molar-refractivity contribution in [1.29, 1.82) is 0 Å². The van der Waals surface area contributed by atoms with Crippen molar-refractivity contribution in [2.45, 2.75) is 39.5 Å². The molecule has 1 rings (SSSR count). The SMILES string of the molecule is CCCCOCCC(CO)Cc1ccc(C)cc1. The van der Waals surface area contributed by atoms with E-state index < -0.39 is 0 Å². The number of rotatable bonds is 9. The highest BCUT2D eigenvalue weighted by Crippen LogP contribution is 2.13. The van der Waals surface area contributed by atoms with Gasteiger partial charge in [0.2, 0.25) is 0 Å². The Labute approximate surface area is 111 Å². The van der Waals surface area contributed by atoms with E-state index in [4.69, 9.17) is 4.74 Å². The third kappa shape index (κ3) is 6.18. The Hall–Kier alpha value is -0.860. The maximum atomic E-state index is 9.39. The Morgan fingerprint density at radius 1 is 1.17 bits per heavy atom. The van der Waals surface area contributed by atoms with Crippen molar-refractivity contribution in [2.24, 2.45) is 5.92 Å². The number of ether oxygens (including phenoxy) is 1. The number of aliphatic hydroxyl groups excluding tert-OH is 1. The summed E-state index contributed by atoms with van der Waals surface area (Å²) in [6.07, 6.45) is 4.18. The molecule has 0 bridgehead atoms. The fraction of sp³-hybridized carbons (Fsp3) is 0.625. The first kappa shape index (κ1) is 15.2. The molecule has 0 radical (unpaired) electrons. The smallest absolute Gasteiger partial charge is 0.0469 e. The Balaban J connectivity index is 2.26. The van der Waals surface area contributed by atoms with Crippen LogP contribution < -0.4 is 0 Å². The summed E-state index contributed by atoms with van der Waals surface area (Å²) in [6.45, 7) is 6.10. The lowest BCUT2D eigenvalue weighted by molar-refractivity contribution is 0.104. The van der Waals surface area contributed by atoms with Gasteiger partial charge in [0.05, 0.1) is 0 Å². The molecule has 2 heteroatoms. The summed E-state index contributed by atoms with van der Waals surface area (Å²) < 4.78 is 5.55. The quantitative estimate of drug-likeness (QED) is 0.681. The predicted molar refractivity (Wildman–Crippen MR) is 75.8 cm³/mol. The highest BCUT2D eigenvalue weighted by atomic mass is 16.5. The minimum atomic E-state index is 0.241. The van der Waals surface area contributed by atoms with Crippen molar-refractivity contribution in [2.75, 3.05) is 19.8 Å². The molecule has 0 aromatic heterocycles. The van der Waals surface area contributed by atoms with Crippen molar-refractivity contribution in [3.8, 4) is 0 Å². The third-order valence-electron chi connectivity index (χ3n) is 3.22. The number of hydrogen-bond acceptors (Lipinski definition) is 2. The molecule has 1 unspecified atom stereocenters. The van der Waals surface area contributed by atoms with E-state index in [1.807, 2.05) is 0 Å². The van der Waals surface area contributed by atoms with Gasteiger partial charge in [0.25, 0.3) is 0 Å². The van der Waals surface area contributed by atoms with Crippen molar-refractivity contribution in [1.82, 2.24) is 0 Å². The first-order valence-corrected chi connectivity index (χ1v) is 7.00. The average Bonchev–Trinajstić information content (AvgIpc) is 2.39. The molecule has 0 saturated carbocycles. The van der Waals surface area contributed by atoms with Crippen LogP contribution in [0.1, 0.15) is 37.3 Å². The number of hydrogen-bond donors (Lipinski definition) is 1. The zero-order valence-corrected chi connectivity index (χ0v) is 11.7. The van der Waals surface area contributed by atoms with Gasteiger partial charge in [-0.3, -0.25) is 0 Å². The van der Waals surface area contributed by atoms with Gasteiger partial charge < -0.3 is 9.84 Å². The van der Waals surface area contributed by atoms with Crippen LogP contribution in [-0.2, 0) is 11.2 Å². The van der Waals surface area contributed by atoms with Crippen LogP contribution in [0, 0.1) is 12.8 Å². The summed E-state index contributed by atoms with van der Waals surface area (Å²) in [5.41, 5.74) is 2.58. The van der Waals surface area contributed by atoms with E-state index in [2.05, 4.69) is 38.1 Å². The molecule has 0 amide bonds. The molecule has 0 aliphatic rings. The van der Waals surface area contributed by atoms with E-state index in [1.165, 1.54) is 17.5 Å². The average molecular weight is 250 g/mol. The van der Waals surface area contributed by atoms with Gasteiger partial charge in [-0.25, -0.2) is 0 Å². The summed E-state index contributed by atoms with van der Waals surface area (Å²) in [4.78, 5) is 0. The summed E-state index contributed by atoms with van der Waals surface area (Å²) in [5.74, 6) is 0.314. The lowest BCUT2D eigenvalue weighted by Crippen LogP contribution is -2.13. The molecule has 0 aliphatic carbocycles. The maximum Gasteiger partial charge on any atom is 0.0469 e. The van der Waals surface area contributed by atoms with E-state index in [0.29, 0.717) is 5.92 Å². The molecule has 1 N–H and O–H groups in total. The second-order valence-electron chi connectivity index (χ2n) is 4.99. The molecule has 0 spiro atoms. The molecule has 0 fully saturated rings. The summed E-state index contributed by atoms with van der Waals surface area (Å²) >= 11 is 0. The lowest BCUT2D eigenvalue weighted by atomic mass is 9.97. The number of unbranched alkanes of at least 4 members (excludes halogenated alkanes) is 1. The van der Waals surface area contributed by atoms with E-state index in [-0.39, 0.29) is 6.61 Å². The van der Waals surface area contributed by atoms with Crippen LogP contribution in [0.25, 0.3) is 0 Å². The van der Waals surface area contributed by atoms with Crippen LogP contribution in [0.4, 0.5) is 0 Å². The summed E-state index contributed by atoms with van der Waals surface area (Å²) in [7, 11) is 0. The maximum absolute atomic E-state index is 9.39. The number of benzene rings is 1.